The van der Waals surface area contributed by atoms with Crippen LogP contribution in [0.4, 0.5) is 0 Å². The Morgan fingerprint density at radius 3 is 2.83 bits per heavy atom. The van der Waals surface area contributed by atoms with Crippen molar-refractivity contribution < 1.29 is 4.74 Å². The highest BCUT2D eigenvalue weighted by Crippen LogP contribution is 2.19. The summed E-state index contributed by atoms with van der Waals surface area (Å²) in [6, 6.07) is 9.23. The molecule has 0 saturated carbocycles. The molecule has 0 amide bonds. The Hall–Kier alpha value is -1.59. The summed E-state index contributed by atoms with van der Waals surface area (Å²) in [6.07, 6.45) is 1.14. The molecule has 5 heteroatoms. The zero-order valence-corrected chi connectivity index (χ0v) is 14.6. The molecule has 1 atom stereocenters. The average Bonchev–Trinajstić information content (AvgIpc) is 2.60. The minimum Gasteiger partial charge on any atom is -0.380 e. The summed E-state index contributed by atoms with van der Waals surface area (Å²) in [7, 11) is 1.80. The van der Waals surface area contributed by atoms with Gasteiger partial charge < -0.3 is 15.4 Å². The lowest BCUT2D eigenvalue weighted by molar-refractivity contribution is 0.152. The van der Waals surface area contributed by atoms with Crippen LogP contribution in [-0.4, -0.2) is 56.8 Å². The third kappa shape index (κ3) is 5.52. The molecular weight excluding hydrogens is 288 g/mol. The molecule has 1 aliphatic heterocycles. The minimum atomic E-state index is 0.466. The van der Waals surface area contributed by atoms with Crippen molar-refractivity contribution in [3.63, 3.8) is 0 Å². The van der Waals surface area contributed by atoms with Crippen LogP contribution < -0.4 is 10.6 Å². The summed E-state index contributed by atoms with van der Waals surface area (Å²) in [6.45, 7) is 9.55. The molecule has 0 bridgehead atoms. The zero-order chi connectivity index (χ0) is 16.5. The molecular formula is C18H30N4O. The van der Waals surface area contributed by atoms with E-state index >= 15 is 0 Å². The van der Waals surface area contributed by atoms with Gasteiger partial charge in [0.15, 0.2) is 5.96 Å². The van der Waals surface area contributed by atoms with Crippen molar-refractivity contribution in [2.24, 2.45) is 4.99 Å². The minimum absolute atomic E-state index is 0.466. The Morgan fingerprint density at radius 1 is 1.30 bits per heavy atom. The summed E-state index contributed by atoms with van der Waals surface area (Å²) in [5.41, 5.74) is 2.96. The van der Waals surface area contributed by atoms with Gasteiger partial charge in [-0.2, -0.15) is 0 Å². The number of nitrogens with one attached hydrogen (secondary N) is 2. The molecule has 23 heavy (non-hydrogen) atoms. The van der Waals surface area contributed by atoms with E-state index in [4.69, 9.17) is 4.74 Å². The van der Waals surface area contributed by atoms with Gasteiger partial charge >= 0.3 is 0 Å². The number of hydrogen-bond donors (Lipinski definition) is 2. The summed E-state index contributed by atoms with van der Waals surface area (Å²) in [4.78, 5) is 6.79. The van der Waals surface area contributed by atoms with Crippen LogP contribution in [0.2, 0.25) is 0 Å². The van der Waals surface area contributed by atoms with Crippen LogP contribution >= 0.6 is 0 Å². The van der Waals surface area contributed by atoms with Crippen LogP contribution in [0.5, 0.6) is 0 Å². The van der Waals surface area contributed by atoms with Crippen LogP contribution in [0.15, 0.2) is 29.3 Å². The number of fused-ring (bicyclic) bond motifs is 1. The SMILES string of the molecule is CCOCCNC(=NC)NCC(C)N1CCc2ccccc2C1. The van der Waals surface area contributed by atoms with Crippen molar-refractivity contribution in [2.45, 2.75) is 32.9 Å². The van der Waals surface area contributed by atoms with Crippen molar-refractivity contribution in [2.75, 3.05) is 39.9 Å². The number of ether oxygens (including phenoxy) is 1. The molecule has 128 valence electrons. The van der Waals surface area contributed by atoms with Gasteiger partial charge in [-0.3, -0.25) is 9.89 Å². The van der Waals surface area contributed by atoms with Crippen LogP contribution in [0.25, 0.3) is 0 Å². The van der Waals surface area contributed by atoms with Crippen LogP contribution in [-0.2, 0) is 17.7 Å². The topological polar surface area (TPSA) is 48.9 Å². The molecule has 0 aliphatic carbocycles. The van der Waals surface area contributed by atoms with Gasteiger partial charge in [-0.25, -0.2) is 0 Å². The van der Waals surface area contributed by atoms with Gasteiger partial charge in [-0.1, -0.05) is 24.3 Å². The standard InChI is InChI=1S/C18H30N4O/c1-4-23-12-10-20-18(19-3)21-13-15(2)22-11-9-16-7-5-6-8-17(16)14-22/h5-8,15H,4,9-14H2,1-3H3,(H2,19,20,21). The van der Waals surface area contributed by atoms with E-state index in [1.54, 1.807) is 7.05 Å². The van der Waals surface area contributed by atoms with Crippen molar-refractivity contribution in [3.05, 3.63) is 35.4 Å². The largest absolute Gasteiger partial charge is 0.380 e. The van der Waals surface area contributed by atoms with Crippen LogP contribution in [0, 0.1) is 0 Å². The molecule has 1 aromatic rings. The second-order valence-corrected chi connectivity index (χ2v) is 5.92. The third-order valence-corrected chi connectivity index (χ3v) is 4.32. The van der Waals surface area contributed by atoms with Gasteiger partial charge in [0.2, 0.25) is 0 Å². The molecule has 1 aliphatic rings. The maximum Gasteiger partial charge on any atom is 0.191 e. The Morgan fingerprint density at radius 2 is 2.09 bits per heavy atom. The molecule has 2 rings (SSSR count). The van der Waals surface area contributed by atoms with Gasteiger partial charge in [-0.05, 0) is 31.4 Å². The first kappa shape index (κ1) is 17.8. The van der Waals surface area contributed by atoms with Crippen molar-refractivity contribution in [3.8, 4) is 0 Å². The average molecular weight is 318 g/mol. The quantitative estimate of drug-likeness (QED) is 0.456. The fraction of sp³-hybridized carbons (Fsp3) is 0.611. The van der Waals surface area contributed by atoms with Crippen LogP contribution in [0.3, 0.4) is 0 Å². The molecule has 0 saturated heterocycles. The Kier molecular flexibility index (Phi) is 7.36. The van der Waals surface area contributed by atoms with Gasteiger partial charge in [0.1, 0.15) is 0 Å². The second kappa shape index (κ2) is 9.53. The summed E-state index contributed by atoms with van der Waals surface area (Å²) >= 11 is 0. The van der Waals surface area contributed by atoms with Crippen LogP contribution in [0.1, 0.15) is 25.0 Å². The number of rotatable bonds is 7. The van der Waals surface area contributed by atoms with E-state index in [0.29, 0.717) is 12.6 Å². The van der Waals surface area contributed by atoms with Gasteiger partial charge in [0.05, 0.1) is 6.61 Å². The predicted octanol–water partition coefficient (Wildman–Crippen LogP) is 1.63. The summed E-state index contributed by atoms with van der Waals surface area (Å²) in [5.74, 6) is 0.842. The molecule has 1 heterocycles. The predicted molar refractivity (Wildman–Crippen MR) is 95.9 cm³/mol. The number of nitrogens with zero attached hydrogens (tertiary/aromatic N) is 2. The number of benzene rings is 1. The Bertz CT molecular complexity index is 504. The molecule has 5 nitrogen and oxygen atoms in total. The smallest absolute Gasteiger partial charge is 0.191 e. The van der Waals surface area contributed by atoms with E-state index in [1.165, 1.54) is 11.1 Å². The van der Waals surface area contributed by atoms with Gasteiger partial charge in [-0.15, -0.1) is 0 Å². The number of hydrogen-bond acceptors (Lipinski definition) is 3. The maximum absolute atomic E-state index is 5.33. The van der Waals surface area contributed by atoms with E-state index in [1.807, 2.05) is 6.92 Å². The first-order valence-electron chi connectivity index (χ1n) is 8.57. The first-order chi connectivity index (χ1) is 11.2. The second-order valence-electron chi connectivity index (χ2n) is 5.92. The summed E-state index contributed by atoms with van der Waals surface area (Å²) < 4.78 is 5.33. The lowest BCUT2D eigenvalue weighted by Crippen LogP contribution is -2.47. The Balaban J connectivity index is 1.75. The molecule has 0 spiro atoms. The summed E-state index contributed by atoms with van der Waals surface area (Å²) in [5, 5.41) is 6.68. The fourth-order valence-electron chi connectivity index (χ4n) is 2.87. The molecule has 0 fully saturated rings. The number of guanidine groups is 1. The highest BCUT2D eigenvalue weighted by Gasteiger charge is 2.20. The molecule has 0 radical (unpaired) electrons. The van der Waals surface area contributed by atoms with E-state index < -0.39 is 0 Å². The highest BCUT2D eigenvalue weighted by molar-refractivity contribution is 5.79. The Labute approximate surface area is 140 Å². The number of aliphatic imine (C=N–C) groups is 1. The zero-order valence-electron chi connectivity index (χ0n) is 14.6. The van der Waals surface area contributed by atoms with Gasteiger partial charge in [0, 0.05) is 45.9 Å². The van der Waals surface area contributed by atoms with Crippen molar-refractivity contribution in [1.82, 2.24) is 15.5 Å². The lowest BCUT2D eigenvalue weighted by atomic mass is 9.99. The lowest BCUT2D eigenvalue weighted by Gasteiger charge is -2.34. The van der Waals surface area contributed by atoms with E-state index in [9.17, 15) is 0 Å². The fourth-order valence-corrected chi connectivity index (χ4v) is 2.87. The van der Waals surface area contributed by atoms with E-state index in [-0.39, 0.29) is 0 Å². The van der Waals surface area contributed by atoms with E-state index in [2.05, 4.69) is 51.7 Å². The van der Waals surface area contributed by atoms with Crippen molar-refractivity contribution in [1.29, 1.82) is 0 Å². The monoisotopic (exact) mass is 318 g/mol. The van der Waals surface area contributed by atoms with Crippen molar-refractivity contribution >= 4 is 5.96 Å². The molecule has 2 N–H and O–H groups in total. The van der Waals surface area contributed by atoms with E-state index in [0.717, 1.165) is 45.2 Å². The normalized spacial score (nSPS) is 16.7. The van der Waals surface area contributed by atoms with Gasteiger partial charge in [0.25, 0.3) is 0 Å². The highest BCUT2D eigenvalue weighted by atomic mass is 16.5. The third-order valence-electron chi connectivity index (χ3n) is 4.32. The maximum atomic E-state index is 5.33. The first-order valence-corrected chi connectivity index (χ1v) is 8.57. The molecule has 0 aromatic heterocycles. The molecule has 1 aromatic carbocycles. The molecule has 1 unspecified atom stereocenters.